The molecule has 1 heterocycles. The molecular weight excluding hydrogens is 381 g/mol. The van der Waals surface area contributed by atoms with Crippen molar-refractivity contribution in [3.63, 3.8) is 0 Å². The molecule has 1 N–H and O–H groups in total. The average molecular weight is 397 g/mol. The zero-order valence-electron chi connectivity index (χ0n) is 14.3. The first-order chi connectivity index (χ1) is 12.6. The van der Waals surface area contributed by atoms with Gasteiger partial charge in [-0.3, -0.25) is 9.59 Å². The number of carbonyl (C=O) groups is 2. The van der Waals surface area contributed by atoms with E-state index in [0.717, 1.165) is 17.7 Å². The normalized spacial score (nSPS) is 17.3. The van der Waals surface area contributed by atoms with Crippen LogP contribution in [0.15, 0.2) is 42.5 Å². The second-order valence-corrected chi connectivity index (χ2v) is 6.85. The smallest absolute Gasteiger partial charge is 0.325 e. The van der Waals surface area contributed by atoms with Gasteiger partial charge in [-0.2, -0.15) is 13.2 Å². The number of hydrogen-bond acceptors (Lipinski definition) is 2. The molecule has 2 aromatic rings. The van der Waals surface area contributed by atoms with Gasteiger partial charge in [0.05, 0.1) is 17.2 Å². The highest BCUT2D eigenvalue weighted by Crippen LogP contribution is 2.37. The molecule has 1 unspecified atom stereocenters. The third-order valence-corrected chi connectivity index (χ3v) is 4.62. The Bertz CT molecular complexity index is 882. The number of benzene rings is 2. The molecule has 0 aliphatic carbocycles. The molecule has 4 nitrogen and oxygen atoms in total. The Morgan fingerprint density at radius 2 is 1.85 bits per heavy atom. The molecular formula is C19H16ClF3N2O2. The van der Waals surface area contributed by atoms with E-state index < -0.39 is 23.6 Å². The average Bonchev–Trinajstić information content (AvgIpc) is 2.98. The molecule has 1 saturated heterocycles. The van der Waals surface area contributed by atoms with Gasteiger partial charge in [-0.25, -0.2) is 0 Å². The van der Waals surface area contributed by atoms with Crippen molar-refractivity contribution in [2.45, 2.75) is 19.5 Å². The summed E-state index contributed by atoms with van der Waals surface area (Å²) in [6.07, 6.45) is -4.72. The number of aryl methyl sites for hydroxylation is 1. The van der Waals surface area contributed by atoms with Crippen molar-refractivity contribution in [1.29, 1.82) is 0 Å². The lowest BCUT2D eigenvalue weighted by molar-refractivity contribution is -0.137. The maximum absolute atomic E-state index is 13.2. The summed E-state index contributed by atoms with van der Waals surface area (Å²) in [6.45, 7) is 2.03. The molecule has 1 aliphatic heterocycles. The lowest BCUT2D eigenvalue weighted by atomic mass is 10.1. The maximum atomic E-state index is 13.2. The van der Waals surface area contributed by atoms with Gasteiger partial charge in [-0.05, 0) is 37.3 Å². The molecule has 1 fully saturated rings. The molecule has 0 spiro atoms. The van der Waals surface area contributed by atoms with E-state index in [-0.39, 0.29) is 29.6 Å². The second-order valence-electron chi connectivity index (χ2n) is 6.42. The fraction of sp³-hybridized carbons (Fsp3) is 0.263. The number of nitrogens with one attached hydrogen (secondary N) is 1. The molecule has 2 aromatic carbocycles. The molecule has 0 saturated carbocycles. The fourth-order valence-corrected chi connectivity index (χ4v) is 3.12. The predicted molar refractivity (Wildman–Crippen MR) is 96.7 cm³/mol. The van der Waals surface area contributed by atoms with Gasteiger partial charge in [0, 0.05) is 23.7 Å². The van der Waals surface area contributed by atoms with Gasteiger partial charge < -0.3 is 10.2 Å². The fourth-order valence-electron chi connectivity index (χ4n) is 2.95. The Hall–Kier alpha value is -2.54. The highest BCUT2D eigenvalue weighted by molar-refractivity contribution is 6.30. The highest BCUT2D eigenvalue weighted by Gasteiger charge is 2.38. The van der Waals surface area contributed by atoms with E-state index in [1.54, 1.807) is 12.1 Å². The van der Waals surface area contributed by atoms with Gasteiger partial charge >= 0.3 is 6.18 Å². The van der Waals surface area contributed by atoms with Gasteiger partial charge in [0.2, 0.25) is 11.8 Å². The molecule has 8 heteroatoms. The van der Waals surface area contributed by atoms with Gasteiger partial charge in [0.15, 0.2) is 0 Å². The minimum absolute atomic E-state index is 0.0609. The highest BCUT2D eigenvalue weighted by atomic mass is 35.5. The Labute approximate surface area is 158 Å². The Kier molecular flexibility index (Phi) is 5.15. The summed E-state index contributed by atoms with van der Waals surface area (Å²) in [7, 11) is 0. The van der Waals surface area contributed by atoms with E-state index in [1.165, 1.54) is 11.0 Å². The van der Waals surface area contributed by atoms with Crippen LogP contribution >= 0.6 is 11.6 Å². The summed E-state index contributed by atoms with van der Waals surface area (Å²) in [4.78, 5) is 26.2. The third kappa shape index (κ3) is 4.24. The predicted octanol–water partition coefficient (Wildman–Crippen LogP) is 4.66. The van der Waals surface area contributed by atoms with Crippen molar-refractivity contribution in [2.24, 2.45) is 5.92 Å². The zero-order chi connectivity index (χ0) is 19.8. The Morgan fingerprint density at radius 1 is 1.19 bits per heavy atom. The molecule has 3 rings (SSSR count). The molecule has 0 bridgehead atoms. The van der Waals surface area contributed by atoms with Crippen LogP contribution in [0, 0.1) is 12.8 Å². The Balaban J connectivity index is 1.76. The van der Waals surface area contributed by atoms with Crippen LogP contribution in [0.4, 0.5) is 24.5 Å². The second kappa shape index (κ2) is 7.23. The van der Waals surface area contributed by atoms with E-state index in [4.69, 9.17) is 11.6 Å². The first kappa shape index (κ1) is 19.2. The van der Waals surface area contributed by atoms with E-state index >= 15 is 0 Å². The lowest BCUT2D eigenvalue weighted by Gasteiger charge is -2.18. The van der Waals surface area contributed by atoms with Crippen molar-refractivity contribution in [2.75, 3.05) is 16.8 Å². The van der Waals surface area contributed by atoms with E-state index in [9.17, 15) is 22.8 Å². The topological polar surface area (TPSA) is 49.4 Å². The molecule has 1 atom stereocenters. The summed E-state index contributed by atoms with van der Waals surface area (Å²) >= 11 is 5.64. The van der Waals surface area contributed by atoms with Gasteiger partial charge in [0.25, 0.3) is 0 Å². The van der Waals surface area contributed by atoms with Crippen molar-refractivity contribution in [1.82, 2.24) is 0 Å². The molecule has 142 valence electrons. The zero-order valence-corrected chi connectivity index (χ0v) is 15.1. The number of alkyl halides is 3. The number of anilines is 2. The van der Waals surface area contributed by atoms with Crippen LogP contribution in [0.1, 0.15) is 17.5 Å². The number of nitrogens with zero attached hydrogens (tertiary/aromatic N) is 1. The first-order valence-electron chi connectivity index (χ1n) is 8.20. The molecule has 1 aliphatic rings. The van der Waals surface area contributed by atoms with Crippen molar-refractivity contribution < 1.29 is 22.8 Å². The maximum Gasteiger partial charge on any atom is 0.418 e. The minimum Gasteiger partial charge on any atom is -0.325 e. The SMILES string of the molecule is Cc1ccc(N2CC(C(=O)Nc3ccc(Cl)cc3C(F)(F)F)CC2=O)cc1. The molecule has 27 heavy (non-hydrogen) atoms. The first-order valence-corrected chi connectivity index (χ1v) is 8.57. The van der Waals surface area contributed by atoms with Crippen LogP contribution < -0.4 is 10.2 Å². The third-order valence-electron chi connectivity index (χ3n) is 4.39. The molecule has 0 aromatic heterocycles. The van der Waals surface area contributed by atoms with Crippen LogP contribution in [-0.2, 0) is 15.8 Å². The summed E-state index contributed by atoms with van der Waals surface area (Å²) in [5.74, 6) is -1.62. The number of hydrogen-bond donors (Lipinski definition) is 1. The van der Waals surface area contributed by atoms with Crippen LogP contribution in [0.2, 0.25) is 5.02 Å². The van der Waals surface area contributed by atoms with Crippen molar-refractivity contribution in [3.8, 4) is 0 Å². The van der Waals surface area contributed by atoms with Crippen molar-refractivity contribution in [3.05, 3.63) is 58.6 Å². The summed E-state index contributed by atoms with van der Waals surface area (Å²) in [6, 6.07) is 10.4. The van der Waals surface area contributed by atoms with Gasteiger partial charge in [-0.1, -0.05) is 29.3 Å². The number of carbonyl (C=O) groups excluding carboxylic acids is 2. The summed E-state index contributed by atoms with van der Waals surface area (Å²) in [5, 5.41) is 2.21. The Morgan fingerprint density at radius 3 is 2.48 bits per heavy atom. The van der Waals surface area contributed by atoms with E-state index in [2.05, 4.69) is 5.32 Å². The van der Waals surface area contributed by atoms with Gasteiger partial charge in [0.1, 0.15) is 0 Å². The van der Waals surface area contributed by atoms with Crippen LogP contribution in [-0.4, -0.2) is 18.4 Å². The molecule has 0 radical (unpaired) electrons. The standard InChI is InChI=1S/C19H16ClF3N2O2/c1-11-2-5-14(6-3-11)25-10-12(8-17(25)26)18(27)24-16-7-4-13(20)9-15(16)19(21,22)23/h2-7,9,12H,8,10H2,1H3,(H,24,27). The lowest BCUT2D eigenvalue weighted by Crippen LogP contribution is -2.28. The number of amides is 2. The van der Waals surface area contributed by atoms with Crippen LogP contribution in [0.3, 0.4) is 0 Å². The number of halogens is 4. The quantitative estimate of drug-likeness (QED) is 0.820. The summed E-state index contributed by atoms with van der Waals surface area (Å²) in [5.41, 5.74) is 0.284. The van der Waals surface area contributed by atoms with Crippen LogP contribution in [0.25, 0.3) is 0 Å². The monoisotopic (exact) mass is 396 g/mol. The largest absolute Gasteiger partial charge is 0.418 e. The summed E-state index contributed by atoms with van der Waals surface area (Å²) < 4.78 is 39.5. The van der Waals surface area contributed by atoms with E-state index in [0.29, 0.717) is 5.69 Å². The van der Waals surface area contributed by atoms with Crippen molar-refractivity contribution >= 4 is 34.8 Å². The van der Waals surface area contributed by atoms with Crippen LogP contribution in [0.5, 0.6) is 0 Å². The molecule has 2 amide bonds. The van der Waals surface area contributed by atoms with Gasteiger partial charge in [-0.15, -0.1) is 0 Å². The number of rotatable bonds is 3. The van der Waals surface area contributed by atoms with E-state index in [1.807, 2.05) is 19.1 Å². The minimum atomic E-state index is -4.66.